The van der Waals surface area contributed by atoms with Crippen LogP contribution in [0.2, 0.25) is 0 Å². The summed E-state index contributed by atoms with van der Waals surface area (Å²) < 4.78 is 2.29. The highest BCUT2D eigenvalue weighted by Crippen LogP contribution is 2.34. The Morgan fingerprint density at radius 1 is 1.24 bits per heavy atom. The molecule has 106 valence electrons. The van der Waals surface area contributed by atoms with Crippen molar-refractivity contribution in [3.63, 3.8) is 0 Å². The molecule has 0 bridgehead atoms. The van der Waals surface area contributed by atoms with Gasteiger partial charge in [-0.15, -0.1) is 0 Å². The van der Waals surface area contributed by atoms with Crippen molar-refractivity contribution in [2.24, 2.45) is 0 Å². The molecule has 4 heteroatoms. The van der Waals surface area contributed by atoms with Gasteiger partial charge in [0.15, 0.2) is 0 Å². The fraction of sp³-hybridized carbons (Fsp3) is 0.235. The van der Waals surface area contributed by atoms with E-state index in [9.17, 15) is 0 Å². The standard InChI is InChI=1S/C17H18N4/c1-11-6-7-12(10-13(11)18)15-8-9-19-17-20-14-4-2-3-5-16(14)21(15)17/h2-7,10,15H,8-9,18H2,1H3,(H,19,20). The van der Waals surface area contributed by atoms with Crippen LogP contribution in [0.1, 0.15) is 23.6 Å². The summed E-state index contributed by atoms with van der Waals surface area (Å²) in [5.74, 6) is 0.951. The number of aromatic nitrogens is 2. The van der Waals surface area contributed by atoms with Gasteiger partial charge in [0.05, 0.1) is 17.1 Å². The van der Waals surface area contributed by atoms with Gasteiger partial charge in [-0.3, -0.25) is 0 Å². The van der Waals surface area contributed by atoms with E-state index >= 15 is 0 Å². The fourth-order valence-corrected chi connectivity index (χ4v) is 3.12. The lowest BCUT2D eigenvalue weighted by molar-refractivity contribution is 0.543. The third-order valence-corrected chi connectivity index (χ3v) is 4.30. The number of hydrogen-bond donors (Lipinski definition) is 2. The van der Waals surface area contributed by atoms with Gasteiger partial charge in [0.25, 0.3) is 0 Å². The molecule has 0 amide bonds. The molecular weight excluding hydrogens is 260 g/mol. The Labute approximate surface area is 123 Å². The quantitative estimate of drug-likeness (QED) is 0.671. The lowest BCUT2D eigenvalue weighted by atomic mass is 9.99. The Morgan fingerprint density at radius 2 is 2.10 bits per heavy atom. The second kappa shape index (κ2) is 4.52. The number of nitrogens with one attached hydrogen (secondary N) is 1. The Morgan fingerprint density at radius 3 is 2.95 bits per heavy atom. The van der Waals surface area contributed by atoms with Crippen LogP contribution >= 0.6 is 0 Å². The maximum absolute atomic E-state index is 6.09. The first kappa shape index (κ1) is 12.3. The minimum atomic E-state index is 0.288. The molecule has 1 aromatic heterocycles. The zero-order valence-corrected chi connectivity index (χ0v) is 12.0. The van der Waals surface area contributed by atoms with Crippen LogP contribution in [0.15, 0.2) is 42.5 Å². The summed E-state index contributed by atoms with van der Waals surface area (Å²) >= 11 is 0. The van der Waals surface area contributed by atoms with Gasteiger partial charge in [0.2, 0.25) is 5.95 Å². The molecule has 2 aromatic carbocycles. The van der Waals surface area contributed by atoms with Gasteiger partial charge in [-0.25, -0.2) is 4.98 Å². The third-order valence-electron chi connectivity index (χ3n) is 4.30. The number of benzene rings is 2. The number of aryl methyl sites for hydroxylation is 1. The highest BCUT2D eigenvalue weighted by molar-refractivity contribution is 5.79. The minimum Gasteiger partial charge on any atom is -0.399 e. The molecule has 0 saturated carbocycles. The summed E-state index contributed by atoms with van der Waals surface area (Å²) in [6.45, 7) is 2.97. The van der Waals surface area contributed by atoms with E-state index in [1.54, 1.807) is 0 Å². The van der Waals surface area contributed by atoms with E-state index in [1.165, 1.54) is 11.1 Å². The summed E-state index contributed by atoms with van der Waals surface area (Å²) in [6.07, 6.45) is 1.04. The van der Waals surface area contributed by atoms with Gasteiger partial charge >= 0.3 is 0 Å². The average molecular weight is 278 g/mol. The molecule has 2 heterocycles. The van der Waals surface area contributed by atoms with Gasteiger partial charge in [0, 0.05) is 12.2 Å². The van der Waals surface area contributed by atoms with Crippen molar-refractivity contribution in [3.05, 3.63) is 53.6 Å². The first-order chi connectivity index (χ1) is 10.2. The maximum Gasteiger partial charge on any atom is 0.204 e. The van der Waals surface area contributed by atoms with Gasteiger partial charge in [-0.05, 0) is 42.7 Å². The van der Waals surface area contributed by atoms with Crippen LogP contribution in [0.25, 0.3) is 11.0 Å². The molecule has 1 aliphatic heterocycles. The predicted molar refractivity (Wildman–Crippen MR) is 86.6 cm³/mol. The van der Waals surface area contributed by atoms with Crippen LogP contribution in [0, 0.1) is 6.92 Å². The van der Waals surface area contributed by atoms with E-state index in [-0.39, 0.29) is 6.04 Å². The first-order valence-electron chi connectivity index (χ1n) is 7.31. The number of nitrogens with two attached hydrogens (primary N) is 1. The zero-order valence-electron chi connectivity index (χ0n) is 12.0. The van der Waals surface area contributed by atoms with Crippen LogP contribution in [0.5, 0.6) is 0 Å². The Kier molecular flexibility index (Phi) is 2.64. The molecule has 0 saturated heterocycles. The first-order valence-corrected chi connectivity index (χ1v) is 7.31. The van der Waals surface area contributed by atoms with Gasteiger partial charge in [-0.2, -0.15) is 0 Å². The highest BCUT2D eigenvalue weighted by Gasteiger charge is 2.24. The number of hydrogen-bond acceptors (Lipinski definition) is 3. The minimum absolute atomic E-state index is 0.288. The third kappa shape index (κ3) is 1.87. The number of imidazole rings is 1. The monoisotopic (exact) mass is 278 g/mol. The van der Waals surface area contributed by atoms with Crippen molar-refractivity contribution in [2.45, 2.75) is 19.4 Å². The lowest BCUT2D eigenvalue weighted by Gasteiger charge is -2.27. The van der Waals surface area contributed by atoms with Crippen molar-refractivity contribution < 1.29 is 0 Å². The second-order valence-electron chi connectivity index (χ2n) is 5.64. The fourth-order valence-electron chi connectivity index (χ4n) is 3.12. The lowest BCUT2D eigenvalue weighted by Crippen LogP contribution is -2.23. The normalized spacial score (nSPS) is 17.5. The molecule has 3 N–H and O–H groups in total. The largest absolute Gasteiger partial charge is 0.399 e. The molecule has 1 unspecified atom stereocenters. The number of rotatable bonds is 1. The predicted octanol–water partition coefficient (Wildman–Crippen LogP) is 3.33. The Balaban J connectivity index is 1.91. The SMILES string of the molecule is Cc1ccc(C2CCNc3nc4ccccc4n32)cc1N. The van der Waals surface area contributed by atoms with E-state index < -0.39 is 0 Å². The van der Waals surface area contributed by atoms with Crippen molar-refractivity contribution in [1.29, 1.82) is 0 Å². The summed E-state index contributed by atoms with van der Waals surface area (Å²) in [7, 11) is 0. The number of fused-ring (bicyclic) bond motifs is 3. The molecule has 4 nitrogen and oxygen atoms in total. The second-order valence-corrected chi connectivity index (χ2v) is 5.64. The van der Waals surface area contributed by atoms with Crippen LogP contribution in [0.4, 0.5) is 11.6 Å². The van der Waals surface area contributed by atoms with Crippen molar-refractivity contribution in [1.82, 2.24) is 9.55 Å². The van der Waals surface area contributed by atoms with E-state index in [0.717, 1.165) is 35.7 Å². The molecular formula is C17H18N4. The van der Waals surface area contributed by atoms with Crippen LogP contribution in [-0.4, -0.2) is 16.1 Å². The molecule has 4 rings (SSSR count). The summed E-state index contributed by atoms with van der Waals surface area (Å²) in [5.41, 5.74) is 11.5. The molecule has 0 spiro atoms. The number of nitrogens with zero attached hydrogens (tertiary/aromatic N) is 2. The van der Waals surface area contributed by atoms with Gasteiger partial charge < -0.3 is 15.6 Å². The molecule has 0 aliphatic carbocycles. The van der Waals surface area contributed by atoms with Crippen LogP contribution in [-0.2, 0) is 0 Å². The van der Waals surface area contributed by atoms with E-state index in [1.807, 2.05) is 13.0 Å². The zero-order chi connectivity index (χ0) is 14.4. The molecule has 1 aliphatic rings. The van der Waals surface area contributed by atoms with Crippen molar-refractivity contribution in [2.75, 3.05) is 17.6 Å². The maximum atomic E-state index is 6.09. The number of para-hydroxylation sites is 2. The topological polar surface area (TPSA) is 55.9 Å². The molecule has 0 fully saturated rings. The van der Waals surface area contributed by atoms with Crippen LogP contribution < -0.4 is 11.1 Å². The Bertz CT molecular complexity index is 819. The Hall–Kier alpha value is -2.49. The number of anilines is 2. The molecule has 0 radical (unpaired) electrons. The smallest absolute Gasteiger partial charge is 0.204 e. The highest BCUT2D eigenvalue weighted by atomic mass is 15.2. The molecule has 1 atom stereocenters. The van der Waals surface area contributed by atoms with Crippen molar-refractivity contribution >= 4 is 22.7 Å². The van der Waals surface area contributed by atoms with Gasteiger partial charge in [0.1, 0.15) is 0 Å². The molecule has 3 aromatic rings. The van der Waals surface area contributed by atoms with Crippen LogP contribution in [0.3, 0.4) is 0 Å². The average Bonchev–Trinajstić information content (AvgIpc) is 2.88. The number of nitrogen functional groups attached to an aromatic ring is 1. The summed E-state index contributed by atoms with van der Waals surface area (Å²) in [4.78, 5) is 4.69. The molecule has 21 heavy (non-hydrogen) atoms. The summed E-state index contributed by atoms with van der Waals surface area (Å²) in [5, 5.41) is 3.40. The van der Waals surface area contributed by atoms with E-state index in [4.69, 9.17) is 5.73 Å². The van der Waals surface area contributed by atoms with E-state index in [2.05, 4.69) is 51.3 Å². The van der Waals surface area contributed by atoms with Gasteiger partial charge in [-0.1, -0.05) is 24.3 Å². The summed E-state index contributed by atoms with van der Waals surface area (Å²) in [6, 6.07) is 14.9. The van der Waals surface area contributed by atoms with Crippen molar-refractivity contribution in [3.8, 4) is 0 Å². The van der Waals surface area contributed by atoms with E-state index in [0.29, 0.717) is 0 Å².